The van der Waals surface area contributed by atoms with Gasteiger partial charge in [0.25, 0.3) is 11.7 Å². The maximum atomic E-state index is 12.6. The van der Waals surface area contributed by atoms with E-state index in [9.17, 15) is 26.7 Å². The molecule has 1 aromatic rings. The van der Waals surface area contributed by atoms with Crippen LogP contribution >= 0.6 is 23.2 Å². The second-order valence-electron chi connectivity index (χ2n) is 3.13. The largest absolute Gasteiger partial charge is 0.573 e. The van der Waals surface area contributed by atoms with E-state index < -0.39 is 40.9 Å². The van der Waals surface area contributed by atoms with Crippen molar-refractivity contribution < 1.29 is 31.5 Å². The van der Waals surface area contributed by atoms with Crippen molar-refractivity contribution in [3.63, 3.8) is 0 Å². The van der Waals surface area contributed by atoms with Gasteiger partial charge in [-0.15, -0.1) is 24.8 Å². The summed E-state index contributed by atoms with van der Waals surface area (Å²) in [5.41, 5.74) is -2.46. The molecule has 0 saturated carbocycles. The lowest BCUT2D eigenvalue weighted by atomic mass is 10.1. The first-order chi connectivity index (χ1) is 8.67. The van der Waals surface area contributed by atoms with E-state index in [1.165, 1.54) is 0 Å². The SMILES string of the molecule is O=C(Cl)c1c(CCl)cnc(C(F)F)c1OC(F)(F)F. The lowest BCUT2D eigenvalue weighted by Gasteiger charge is -2.16. The van der Waals surface area contributed by atoms with Crippen LogP contribution in [0.25, 0.3) is 0 Å². The summed E-state index contributed by atoms with van der Waals surface area (Å²) in [5, 5.41) is -1.40. The normalized spacial score (nSPS) is 11.8. The number of ether oxygens (including phenoxy) is 1. The number of alkyl halides is 6. The second-order valence-corrected chi connectivity index (χ2v) is 3.74. The summed E-state index contributed by atoms with van der Waals surface area (Å²) >= 11 is 10.5. The number of carbonyl (C=O) groups is 1. The number of pyridine rings is 1. The van der Waals surface area contributed by atoms with Gasteiger partial charge in [-0.25, -0.2) is 8.78 Å². The van der Waals surface area contributed by atoms with Crippen LogP contribution in [0.1, 0.15) is 28.0 Å². The highest BCUT2D eigenvalue weighted by Crippen LogP contribution is 2.37. The molecule has 0 atom stereocenters. The number of hydrogen-bond donors (Lipinski definition) is 0. The van der Waals surface area contributed by atoms with E-state index in [1.54, 1.807) is 0 Å². The van der Waals surface area contributed by atoms with Crippen LogP contribution in [0, 0.1) is 0 Å². The highest BCUT2D eigenvalue weighted by atomic mass is 35.5. The highest BCUT2D eigenvalue weighted by Gasteiger charge is 2.37. The van der Waals surface area contributed by atoms with E-state index >= 15 is 0 Å². The van der Waals surface area contributed by atoms with E-state index in [4.69, 9.17) is 23.2 Å². The van der Waals surface area contributed by atoms with Gasteiger partial charge >= 0.3 is 6.36 Å². The van der Waals surface area contributed by atoms with Gasteiger partial charge in [-0.3, -0.25) is 9.78 Å². The molecule has 0 aliphatic heterocycles. The number of halogens is 7. The molecule has 0 aliphatic carbocycles. The number of rotatable bonds is 4. The lowest BCUT2D eigenvalue weighted by Crippen LogP contribution is -2.21. The molecule has 0 fully saturated rings. The first-order valence-corrected chi connectivity index (χ1v) is 5.40. The van der Waals surface area contributed by atoms with Crippen LogP contribution in [0.3, 0.4) is 0 Å². The van der Waals surface area contributed by atoms with Crippen LogP contribution in [-0.2, 0) is 5.88 Å². The van der Waals surface area contributed by atoms with Crippen molar-refractivity contribution >= 4 is 28.4 Å². The van der Waals surface area contributed by atoms with Crippen molar-refractivity contribution in [3.8, 4) is 5.75 Å². The zero-order valence-electron chi connectivity index (χ0n) is 8.77. The Morgan fingerprint density at radius 1 is 1.42 bits per heavy atom. The average molecular weight is 324 g/mol. The molecule has 0 spiro atoms. The van der Waals surface area contributed by atoms with Crippen molar-refractivity contribution in [2.75, 3.05) is 0 Å². The summed E-state index contributed by atoms with van der Waals surface area (Å²) < 4.78 is 65.1. The Kier molecular flexibility index (Phi) is 4.92. The van der Waals surface area contributed by atoms with Crippen LogP contribution < -0.4 is 4.74 Å². The summed E-state index contributed by atoms with van der Waals surface area (Å²) in [5.74, 6) is -1.88. The number of hydrogen-bond acceptors (Lipinski definition) is 3. The predicted octanol–water partition coefficient (Wildman–Crippen LogP) is 4.04. The zero-order chi connectivity index (χ0) is 14.8. The van der Waals surface area contributed by atoms with E-state index in [0.717, 1.165) is 6.20 Å². The summed E-state index contributed by atoms with van der Waals surface area (Å²) in [6, 6.07) is 0. The van der Waals surface area contributed by atoms with Gasteiger partial charge in [0, 0.05) is 17.6 Å². The number of aromatic nitrogens is 1. The van der Waals surface area contributed by atoms with E-state index in [-0.39, 0.29) is 5.56 Å². The van der Waals surface area contributed by atoms with Crippen LogP contribution in [0.2, 0.25) is 0 Å². The van der Waals surface area contributed by atoms with Crippen molar-refractivity contribution in [2.24, 2.45) is 0 Å². The third-order valence-electron chi connectivity index (χ3n) is 1.91. The molecule has 1 rings (SSSR count). The molecule has 0 unspecified atom stereocenters. The first kappa shape index (κ1) is 15.9. The minimum absolute atomic E-state index is 0.245. The van der Waals surface area contributed by atoms with Crippen molar-refractivity contribution in [1.82, 2.24) is 4.98 Å². The standard InChI is InChI=1S/C9H4Cl2F5NO2/c10-1-3-2-17-5(8(12)13)6(4(3)7(11)18)19-9(14,15)16/h2,8H,1H2. The van der Waals surface area contributed by atoms with Crippen molar-refractivity contribution in [3.05, 3.63) is 23.0 Å². The Hall–Kier alpha value is -1.15. The molecule has 0 N–H and O–H groups in total. The third kappa shape index (κ3) is 3.90. The van der Waals surface area contributed by atoms with Gasteiger partial charge in [-0.1, -0.05) is 0 Å². The summed E-state index contributed by atoms with van der Waals surface area (Å²) in [6.07, 6.45) is -7.92. The topological polar surface area (TPSA) is 39.2 Å². The maximum Gasteiger partial charge on any atom is 0.573 e. The van der Waals surface area contributed by atoms with Gasteiger partial charge in [0.15, 0.2) is 5.75 Å². The Morgan fingerprint density at radius 2 is 2.00 bits per heavy atom. The number of carbonyl (C=O) groups excluding carboxylic acids is 1. The minimum atomic E-state index is -5.28. The van der Waals surface area contributed by atoms with Gasteiger partial charge < -0.3 is 4.74 Å². The van der Waals surface area contributed by atoms with Crippen LogP contribution in [0.4, 0.5) is 22.0 Å². The molecule has 10 heteroatoms. The Bertz CT molecular complexity index is 492. The number of nitrogens with zero attached hydrogens (tertiary/aromatic N) is 1. The highest BCUT2D eigenvalue weighted by molar-refractivity contribution is 6.68. The molecule has 0 amide bonds. The monoisotopic (exact) mass is 323 g/mol. The molecule has 19 heavy (non-hydrogen) atoms. The Morgan fingerprint density at radius 3 is 2.37 bits per heavy atom. The summed E-state index contributed by atoms with van der Waals surface area (Å²) in [4.78, 5) is 14.2. The average Bonchev–Trinajstić information content (AvgIpc) is 2.25. The molecular formula is C9H4Cl2F5NO2. The quantitative estimate of drug-likeness (QED) is 0.477. The third-order valence-corrected chi connectivity index (χ3v) is 2.38. The minimum Gasteiger partial charge on any atom is -0.403 e. The van der Waals surface area contributed by atoms with Gasteiger partial charge in [-0.2, -0.15) is 0 Å². The Labute approximate surface area is 113 Å². The molecule has 0 aliphatic rings. The first-order valence-electron chi connectivity index (χ1n) is 4.48. The molecule has 0 saturated heterocycles. The predicted molar refractivity (Wildman–Crippen MR) is 55.6 cm³/mol. The van der Waals surface area contributed by atoms with Crippen LogP contribution in [0.15, 0.2) is 6.20 Å². The fraction of sp³-hybridized carbons (Fsp3) is 0.333. The van der Waals surface area contributed by atoms with Gasteiger partial charge in [-0.05, 0) is 11.6 Å². The van der Waals surface area contributed by atoms with E-state index in [1.807, 2.05) is 0 Å². The molecule has 0 aromatic carbocycles. The van der Waals surface area contributed by atoms with Crippen LogP contribution in [-0.4, -0.2) is 16.6 Å². The van der Waals surface area contributed by atoms with Crippen molar-refractivity contribution in [2.45, 2.75) is 18.7 Å². The zero-order valence-corrected chi connectivity index (χ0v) is 10.3. The molecule has 1 heterocycles. The smallest absolute Gasteiger partial charge is 0.403 e. The van der Waals surface area contributed by atoms with Crippen LogP contribution in [0.5, 0.6) is 5.75 Å². The molecule has 3 nitrogen and oxygen atoms in total. The fourth-order valence-corrected chi connectivity index (χ4v) is 1.65. The fourth-order valence-electron chi connectivity index (χ4n) is 1.24. The maximum absolute atomic E-state index is 12.6. The molecule has 0 bridgehead atoms. The van der Waals surface area contributed by atoms with E-state index in [2.05, 4.69) is 9.72 Å². The van der Waals surface area contributed by atoms with Gasteiger partial charge in [0.1, 0.15) is 5.69 Å². The van der Waals surface area contributed by atoms with E-state index in [0.29, 0.717) is 0 Å². The summed E-state index contributed by atoms with van der Waals surface area (Å²) in [6.45, 7) is 0. The molecule has 1 aromatic heterocycles. The lowest BCUT2D eigenvalue weighted by molar-refractivity contribution is -0.275. The molecule has 0 radical (unpaired) electrons. The molecule has 106 valence electrons. The summed E-state index contributed by atoms with van der Waals surface area (Å²) in [7, 11) is 0. The van der Waals surface area contributed by atoms with Gasteiger partial charge in [0.2, 0.25) is 0 Å². The Balaban J connectivity index is 3.53. The second kappa shape index (κ2) is 5.87. The van der Waals surface area contributed by atoms with Crippen molar-refractivity contribution in [1.29, 1.82) is 0 Å². The van der Waals surface area contributed by atoms with Gasteiger partial charge in [0.05, 0.1) is 5.56 Å². The molecular weight excluding hydrogens is 320 g/mol.